The van der Waals surface area contributed by atoms with Gasteiger partial charge >= 0.3 is 0 Å². The third kappa shape index (κ3) is 4.15. The van der Waals surface area contributed by atoms with Crippen LogP contribution in [0, 0.1) is 0 Å². The Bertz CT molecular complexity index is 1240. The molecule has 168 valence electrons. The molecule has 1 unspecified atom stereocenters. The lowest BCUT2D eigenvalue weighted by Gasteiger charge is -2.25. The van der Waals surface area contributed by atoms with Gasteiger partial charge in [0.25, 0.3) is 11.7 Å². The van der Waals surface area contributed by atoms with E-state index >= 15 is 0 Å². The van der Waals surface area contributed by atoms with Gasteiger partial charge in [0.2, 0.25) is 0 Å². The molecule has 1 amide bonds. The Morgan fingerprint density at radius 3 is 2.64 bits per heavy atom. The average molecular weight is 465 g/mol. The molecule has 7 nitrogen and oxygen atoms in total. The minimum atomic E-state index is -0.940. The molecule has 33 heavy (non-hydrogen) atoms. The number of ketones is 1. The van der Waals surface area contributed by atoms with Gasteiger partial charge in [-0.3, -0.25) is 19.5 Å². The largest absolute Gasteiger partial charge is 0.507 e. The molecular formula is C25H21ClN2O5. The van der Waals surface area contributed by atoms with Crippen LogP contribution in [0.5, 0.6) is 11.5 Å². The van der Waals surface area contributed by atoms with E-state index < -0.39 is 17.7 Å². The lowest BCUT2D eigenvalue weighted by Crippen LogP contribution is -2.29. The van der Waals surface area contributed by atoms with E-state index in [0.29, 0.717) is 40.1 Å². The SMILES string of the molecule is CCOc1cc(/C(O)=C2\C(=O)C(=O)N(c3cccc(OC)c3)C2c2ccccn2)ccc1Cl. The number of nitrogens with zero attached hydrogens (tertiary/aromatic N) is 2. The van der Waals surface area contributed by atoms with Crippen molar-refractivity contribution in [3.05, 3.63) is 88.7 Å². The second kappa shape index (κ2) is 9.34. The number of carbonyl (C=O) groups excluding carboxylic acids is 2. The molecule has 1 aromatic heterocycles. The molecule has 0 spiro atoms. The zero-order valence-electron chi connectivity index (χ0n) is 18.0. The predicted octanol–water partition coefficient (Wildman–Crippen LogP) is 4.77. The number of hydrogen-bond acceptors (Lipinski definition) is 6. The summed E-state index contributed by atoms with van der Waals surface area (Å²) in [6.45, 7) is 2.18. The van der Waals surface area contributed by atoms with Crippen LogP contribution in [0.2, 0.25) is 5.02 Å². The molecule has 1 N–H and O–H groups in total. The van der Waals surface area contributed by atoms with Crippen LogP contribution in [0.3, 0.4) is 0 Å². The second-order valence-electron chi connectivity index (χ2n) is 7.20. The summed E-state index contributed by atoms with van der Waals surface area (Å²) >= 11 is 6.17. The predicted molar refractivity (Wildman–Crippen MR) is 125 cm³/mol. The van der Waals surface area contributed by atoms with Gasteiger partial charge in [-0.2, -0.15) is 0 Å². The first-order valence-corrected chi connectivity index (χ1v) is 10.6. The van der Waals surface area contributed by atoms with Crippen LogP contribution in [0.25, 0.3) is 5.76 Å². The number of pyridine rings is 1. The Morgan fingerprint density at radius 2 is 1.94 bits per heavy atom. The molecule has 1 saturated heterocycles. The van der Waals surface area contributed by atoms with Gasteiger partial charge in [0.15, 0.2) is 0 Å². The Labute approximate surface area is 195 Å². The molecule has 1 atom stereocenters. The second-order valence-corrected chi connectivity index (χ2v) is 7.61. The number of amides is 1. The number of anilines is 1. The van der Waals surface area contributed by atoms with E-state index in [1.54, 1.807) is 60.8 Å². The topological polar surface area (TPSA) is 89.0 Å². The highest BCUT2D eigenvalue weighted by Gasteiger charge is 2.47. The number of Topliss-reactive ketones (excluding diaryl/α,β-unsaturated/α-hetero) is 1. The monoisotopic (exact) mass is 464 g/mol. The third-order valence-electron chi connectivity index (χ3n) is 5.25. The Hall–Kier alpha value is -3.84. The summed E-state index contributed by atoms with van der Waals surface area (Å²) in [5.41, 5.74) is 1.09. The van der Waals surface area contributed by atoms with E-state index in [0.717, 1.165) is 0 Å². The molecule has 1 aliphatic heterocycles. The standard InChI is InChI=1S/C25H21ClN2O5/c1-3-33-20-13-15(10-11-18(20)26)23(29)21-22(19-9-4-5-12-27-19)28(25(31)24(21)30)16-7-6-8-17(14-16)32-2/h4-14,22,29H,3H2,1-2H3/b23-21+. The minimum Gasteiger partial charge on any atom is -0.507 e. The molecule has 1 fully saturated rings. The van der Waals surface area contributed by atoms with Crippen molar-refractivity contribution in [1.29, 1.82) is 0 Å². The number of aliphatic hydroxyl groups excluding tert-OH is 1. The molecule has 0 radical (unpaired) electrons. The highest BCUT2D eigenvalue weighted by atomic mass is 35.5. The number of aliphatic hydroxyl groups is 1. The fourth-order valence-corrected chi connectivity index (χ4v) is 3.92. The van der Waals surface area contributed by atoms with E-state index in [4.69, 9.17) is 21.1 Å². The summed E-state index contributed by atoms with van der Waals surface area (Å²) in [7, 11) is 1.51. The minimum absolute atomic E-state index is 0.0775. The molecule has 1 aliphatic rings. The van der Waals surface area contributed by atoms with Crippen molar-refractivity contribution in [1.82, 2.24) is 4.98 Å². The first kappa shape index (κ1) is 22.4. The van der Waals surface area contributed by atoms with Crippen molar-refractivity contribution >= 4 is 34.7 Å². The number of methoxy groups -OCH3 is 1. The van der Waals surface area contributed by atoms with E-state index in [-0.39, 0.29) is 11.3 Å². The summed E-state index contributed by atoms with van der Waals surface area (Å²) in [6.07, 6.45) is 1.57. The number of rotatable bonds is 6. The number of hydrogen-bond donors (Lipinski definition) is 1. The summed E-state index contributed by atoms with van der Waals surface area (Å²) in [5.74, 6) is -1.06. The Kier molecular flexibility index (Phi) is 6.33. The van der Waals surface area contributed by atoms with Crippen molar-refractivity contribution < 1.29 is 24.2 Å². The van der Waals surface area contributed by atoms with Gasteiger partial charge in [-0.05, 0) is 49.4 Å². The van der Waals surface area contributed by atoms with Crippen molar-refractivity contribution in [2.45, 2.75) is 13.0 Å². The van der Waals surface area contributed by atoms with Crippen LogP contribution in [-0.4, -0.2) is 35.5 Å². The highest BCUT2D eigenvalue weighted by molar-refractivity contribution is 6.51. The molecule has 3 aromatic rings. The van der Waals surface area contributed by atoms with Crippen molar-refractivity contribution in [2.75, 3.05) is 18.6 Å². The summed E-state index contributed by atoms with van der Waals surface area (Å²) < 4.78 is 10.8. The molecule has 0 aliphatic carbocycles. The lowest BCUT2D eigenvalue weighted by molar-refractivity contribution is -0.132. The number of halogens is 1. The molecule has 8 heteroatoms. The quantitative estimate of drug-likeness (QED) is 0.321. The molecule has 4 rings (SSSR count). The number of benzene rings is 2. The first-order chi connectivity index (χ1) is 16.0. The normalized spacial score (nSPS) is 17.3. The molecule has 2 aromatic carbocycles. The van der Waals surface area contributed by atoms with E-state index in [9.17, 15) is 14.7 Å². The number of aromatic nitrogens is 1. The Morgan fingerprint density at radius 1 is 1.12 bits per heavy atom. The first-order valence-electron chi connectivity index (χ1n) is 10.2. The Balaban J connectivity index is 1.92. The van der Waals surface area contributed by atoms with Crippen LogP contribution in [0.15, 0.2) is 72.4 Å². The zero-order valence-corrected chi connectivity index (χ0v) is 18.7. The van der Waals surface area contributed by atoms with Gasteiger partial charge < -0.3 is 14.6 Å². The van der Waals surface area contributed by atoms with E-state index in [1.165, 1.54) is 18.1 Å². The van der Waals surface area contributed by atoms with Gasteiger partial charge in [-0.25, -0.2) is 0 Å². The summed E-state index contributed by atoms with van der Waals surface area (Å²) in [6, 6.07) is 15.7. The number of ether oxygens (including phenoxy) is 2. The summed E-state index contributed by atoms with van der Waals surface area (Å²) in [4.78, 5) is 32.1. The summed E-state index contributed by atoms with van der Waals surface area (Å²) in [5, 5.41) is 11.6. The molecule has 0 bridgehead atoms. The zero-order chi connectivity index (χ0) is 23.5. The maximum atomic E-state index is 13.2. The molecule has 2 heterocycles. The van der Waals surface area contributed by atoms with Crippen LogP contribution in [-0.2, 0) is 9.59 Å². The van der Waals surface area contributed by atoms with Gasteiger partial charge in [-0.15, -0.1) is 0 Å². The van der Waals surface area contributed by atoms with Crippen molar-refractivity contribution in [2.24, 2.45) is 0 Å². The molecular weight excluding hydrogens is 444 g/mol. The van der Waals surface area contributed by atoms with E-state index in [2.05, 4.69) is 4.98 Å². The van der Waals surface area contributed by atoms with Gasteiger partial charge in [0.05, 0.1) is 30.0 Å². The van der Waals surface area contributed by atoms with Crippen LogP contribution < -0.4 is 14.4 Å². The fraction of sp³-hybridized carbons (Fsp3) is 0.160. The molecule has 0 saturated carbocycles. The third-order valence-corrected chi connectivity index (χ3v) is 5.56. The van der Waals surface area contributed by atoms with E-state index in [1.807, 2.05) is 6.92 Å². The van der Waals surface area contributed by atoms with Crippen LogP contribution >= 0.6 is 11.6 Å². The lowest BCUT2D eigenvalue weighted by atomic mass is 9.98. The highest BCUT2D eigenvalue weighted by Crippen LogP contribution is 2.42. The van der Waals surface area contributed by atoms with Gasteiger partial charge in [0, 0.05) is 23.5 Å². The maximum Gasteiger partial charge on any atom is 0.300 e. The number of carbonyl (C=O) groups is 2. The van der Waals surface area contributed by atoms with Gasteiger partial charge in [-0.1, -0.05) is 23.7 Å². The van der Waals surface area contributed by atoms with Crippen LogP contribution in [0.1, 0.15) is 24.2 Å². The van der Waals surface area contributed by atoms with Crippen molar-refractivity contribution in [3.8, 4) is 11.5 Å². The fourth-order valence-electron chi connectivity index (χ4n) is 3.75. The smallest absolute Gasteiger partial charge is 0.300 e. The van der Waals surface area contributed by atoms with Crippen LogP contribution in [0.4, 0.5) is 5.69 Å². The maximum absolute atomic E-state index is 13.2. The van der Waals surface area contributed by atoms with Gasteiger partial charge in [0.1, 0.15) is 23.3 Å². The van der Waals surface area contributed by atoms with Crippen molar-refractivity contribution in [3.63, 3.8) is 0 Å². The average Bonchev–Trinajstić information content (AvgIpc) is 3.11.